The predicted molar refractivity (Wildman–Crippen MR) is 121 cm³/mol. The summed E-state index contributed by atoms with van der Waals surface area (Å²) in [6.07, 6.45) is 1.53. The van der Waals surface area contributed by atoms with Crippen LogP contribution >= 0.6 is 11.5 Å². The second-order valence-electron chi connectivity index (χ2n) is 7.38. The Labute approximate surface area is 188 Å². The number of amides is 1. The minimum absolute atomic E-state index is 0.0254. The lowest BCUT2D eigenvalue weighted by Crippen LogP contribution is -2.50. The topological polar surface area (TPSA) is 71.5 Å². The Hall–Kier alpha value is -3.59. The van der Waals surface area contributed by atoms with Gasteiger partial charge in [-0.05, 0) is 47.9 Å². The van der Waals surface area contributed by atoms with Crippen molar-refractivity contribution in [3.05, 3.63) is 66.7 Å². The number of hydrogen-bond acceptors (Lipinski definition) is 7. The summed E-state index contributed by atoms with van der Waals surface area (Å²) < 4.78 is 24.3. The number of hydrogen-bond donors (Lipinski definition) is 0. The summed E-state index contributed by atoms with van der Waals surface area (Å²) in [6, 6.07) is 15.6. The highest BCUT2D eigenvalue weighted by molar-refractivity contribution is 7.14. The number of anilines is 1. The van der Waals surface area contributed by atoms with Crippen molar-refractivity contribution < 1.29 is 13.9 Å². The number of fused-ring (bicyclic) bond motifs is 1. The zero-order valence-corrected chi connectivity index (χ0v) is 18.0. The van der Waals surface area contributed by atoms with Crippen LogP contribution in [0.25, 0.3) is 21.5 Å². The number of carbonyl (C=O) groups is 1. The van der Waals surface area contributed by atoms with Crippen LogP contribution in [-0.4, -0.2) is 57.9 Å². The first-order valence-corrected chi connectivity index (χ1v) is 11.0. The van der Waals surface area contributed by atoms with Crippen LogP contribution in [0, 0.1) is 5.82 Å². The third-order valence-electron chi connectivity index (χ3n) is 5.39. The zero-order valence-electron chi connectivity index (χ0n) is 17.1. The van der Waals surface area contributed by atoms with Gasteiger partial charge >= 0.3 is 0 Å². The van der Waals surface area contributed by atoms with E-state index in [2.05, 4.69) is 19.2 Å². The molecular weight excluding hydrogens is 429 g/mol. The molecule has 7 nitrogen and oxygen atoms in total. The maximum absolute atomic E-state index is 13.3. The Bertz CT molecular complexity index is 1220. The Kier molecular flexibility index (Phi) is 5.64. The van der Waals surface area contributed by atoms with Gasteiger partial charge in [0.1, 0.15) is 33.8 Å². The van der Waals surface area contributed by atoms with Gasteiger partial charge in [-0.2, -0.15) is 4.37 Å². The summed E-state index contributed by atoms with van der Waals surface area (Å²) in [5, 5.41) is 0. The fourth-order valence-corrected chi connectivity index (χ4v) is 4.57. The molecular formula is C23H20FN5O2S. The van der Waals surface area contributed by atoms with Crippen molar-refractivity contribution in [3.63, 3.8) is 0 Å². The van der Waals surface area contributed by atoms with Gasteiger partial charge in [-0.15, -0.1) is 0 Å². The van der Waals surface area contributed by atoms with E-state index in [-0.39, 0.29) is 18.3 Å². The summed E-state index contributed by atoms with van der Waals surface area (Å²) >= 11 is 1.34. The molecule has 0 N–H and O–H groups in total. The summed E-state index contributed by atoms with van der Waals surface area (Å²) in [5.41, 5.74) is 2.29. The van der Waals surface area contributed by atoms with Crippen molar-refractivity contribution in [2.45, 2.75) is 0 Å². The number of aromatic nitrogens is 3. The van der Waals surface area contributed by atoms with E-state index in [1.54, 1.807) is 12.1 Å². The Morgan fingerprint density at radius 3 is 2.50 bits per heavy atom. The first-order valence-electron chi connectivity index (χ1n) is 10.3. The maximum Gasteiger partial charge on any atom is 0.260 e. The van der Waals surface area contributed by atoms with E-state index < -0.39 is 0 Å². The number of benzene rings is 2. The van der Waals surface area contributed by atoms with E-state index in [4.69, 9.17) is 4.74 Å². The number of nitrogens with zero attached hydrogens (tertiary/aromatic N) is 5. The molecule has 2 aromatic carbocycles. The van der Waals surface area contributed by atoms with E-state index in [1.807, 2.05) is 35.2 Å². The highest BCUT2D eigenvalue weighted by atomic mass is 32.1. The molecule has 0 radical (unpaired) electrons. The van der Waals surface area contributed by atoms with Crippen LogP contribution in [0.5, 0.6) is 5.75 Å². The lowest BCUT2D eigenvalue weighted by atomic mass is 10.1. The smallest absolute Gasteiger partial charge is 0.260 e. The lowest BCUT2D eigenvalue weighted by Gasteiger charge is -2.35. The van der Waals surface area contributed by atoms with Gasteiger partial charge in [-0.1, -0.05) is 18.2 Å². The molecule has 0 saturated carbocycles. The second-order valence-corrected chi connectivity index (χ2v) is 8.16. The number of carbonyl (C=O) groups excluding carboxylic acids is 1. The zero-order chi connectivity index (χ0) is 21.9. The molecule has 0 unspecified atom stereocenters. The molecule has 1 aliphatic heterocycles. The minimum Gasteiger partial charge on any atom is -0.484 e. The molecule has 32 heavy (non-hydrogen) atoms. The molecule has 1 saturated heterocycles. The molecule has 1 fully saturated rings. The van der Waals surface area contributed by atoms with Gasteiger partial charge in [0, 0.05) is 31.7 Å². The summed E-state index contributed by atoms with van der Waals surface area (Å²) in [7, 11) is 0. The van der Waals surface area contributed by atoms with Crippen LogP contribution in [0.3, 0.4) is 0 Å². The molecule has 2 aromatic heterocycles. The van der Waals surface area contributed by atoms with E-state index in [0.717, 1.165) is 27.3 Å². The Morgan fingerprint density at radius 2 is 1.75 bits per heavy atom. The third-order valence-corrected chi connectivity index (χ3v) is 6.22. The SMILES string of the molecule is O=C(COc1ccccc1)N1CCN(c2ncnc3c(-c4ccc(F)cc4)nsc23)CC1. The molecule has 0 aliphatic carbocycles. The molecule has 3 heterocycles. The van der Waals surface area contributed by atoms with Crippen LogP contribution in [0.4, 0.5) is 10.2 Å². The first-order chi connectivity index (χ1) is 15.7. The number of para-hydroxylation sites is 1. The molecule has 162 valence electrons. The number of piperazine rings is 1. The number of halogens is 1. The highest BCUT2D eigenvalue weighted by Gasteiger charge is 2.25. The van der Waals surface area contributed by atoms with Crippen LogP contribution in [0.1, 0.15) is 0 Å². The summed E-state index contributed by atoms with van der Waals surface area (Å²) in [4.78, 5) is 25.4. The normalized spacial score (nSPS) is 14.0. The number of ether oxygens (including phenoxy) is 1. The van der Waals surface area contributed by atoms with Gasteiger partial charge in [0.2, 0.25) is 0 Å². The predicted octanol–water partition coefficient (Wildman–Crippen LogP) is 3.62. The largest absolute Gasteiger partial charge is 0.484 e. The van der Waals surface area contributed by atoms with E-state index in [0.29, 0.717) is 31.9 Å². The highest BCUT2D eigenvalue weighted by Crippen LogP contribution is 2.34. The maximum atomic E-state index is 13.3. The molecule has 5 rings (SSSR count). The lowest BCUT2D eigenvalue weighted by molar-refractivity contribution is -0.133. The van der Waals surface area contributed by atoms with Crippen molar-refractivity contribution in [1.29, 1.82) is 0 Å². The summed E-state index contributed by atoms with van der Waals surface area (Å²) in [5.74, 6) is 1.18. The fraction of sp³-hybridized carbons (Fsp3) is 0.217. The second kappa shape index (κ2) is 8.88. The monoisotopic (exact) mass is 449 g/mol. The number of rotatable bonds is 5. The van der Waals surface area contributed by atoms with Crippen LogP contribution < -0.4 is 9.64 Å². The van der Waals surface area contributed by atoms with Gasteiger partial charge in [-0.25, -0.2) is 14.4 Å². The fourth-order valence-electron chi connectivity index (χ4n) is 3.69. The van der Waals surface area contributed by atoms with Gasteiger partial charge in [0.05, 0.1) is 0 Å². The van der Waals surface area contributed by atoms with Crippen molar-refractivity contribution in [1.82, 2.24) is 19.2 Å². The van der Waals surface area contributed by atoms with E-state index >= 15 is 0 Å². The van der Waals surface area contributed by atoms with Crippen LogP contribution in [0.15, 0.2) is 60.9 Å². The molecule has 0 spiro atoms. The minimum atomic E-state index is -0.287. The van der Waals surface area contributed by atoms with Crippen molar-refractivity contribution in [2.75, 3.05) is 37.7 Å². The average Bonchev–Trinajstić information content (AvgIpc) is 3.28. The molecule has 0 atom stereocenters. The van der Waals surface area contributed by atoms with Crippen LogP contribution in [-0.2, 0) is 4.79 Å². The molecule has 0 bridgehead atoms. The van der Waals surface area contributed by atoms with Gasteiger partial charge in [-0.3, -0.25) is 4.79 Å². The molecule has 4 aromatic rings. The van der Waals surface area contributed by atoms with Gasteiger partial charge < -0.3 is 14.5 Å². The van der Waals surface area contributed by atoms with E-state index in [1.165, 1.54) is 30.0 Å². The standard InChI is InChI=1S/C23H20FN5O2S/c24-17-8-6-16(7-9-17)20-21-22(32-27-20)23(26-15-25-21)29-12-10-28(11-13-29)19(30)14-31-18-4-2-1-3-5-18/h1-9,15H,10-14H2. The molecule has 9 heteroatoms. The Balaban J connectivity index is 1.27. The Morgan fingerprint density at radius 1 is 1.00 bits per heavy atom. The van der Waals surface area contributed by atoms with Crippen molar-refractivity contribution in [2.24, 2.45) is 0 Å². The quantitative estimate of drug-likeness (QED) is 0.464. The van der Waals surface area contributed by atoms with Crippen LogP contribution in [0.2, 0.25) is 0 Å². The van der Waals surface area contributed by atoms with Crippen molar-refractivity contribution >= 4 is 33.5 Å². The van der Waals surface area contributed by atoms with E-state index in [9.17, 15) is 9.18 Å². The third kappa shape index (κ3) is 4.11. The molecule has 1 amide bonds. The first kappa shape index (κ1) is 20.3. The van der Waals surface area contributed by atoms with Gasteiger partial charge in [0.25, 0.3) is 5.91 Å². The average molecular weight is 450 g/mol. The van der Waals surface area contributed by atoms with Crippen molar-refractivity contribution in [3.8, 4) is 17.0 Å². The van der Waals surface area contributed by atoms with Gasteiger partial charge in [0.15, 0.2) is 12.4 Å². The molecule has 1 aliphatic rings. The summed E-state index contributed by atoms with van der Waals surface area (Å²) in [6.45, 7) is 2.52.